The first-order valence-corrected chi connectivity index (χ1v) is 12.7. The van der Waals surface area contributed by atoms with Gasteiger partial charge < -0.3 is 4.42 Å². The smallest absolute Gasteiger partial charge is 0.219 e. The molecule has 0 spiro atoms. The SMILES string of the molecule is Cc1ccc2c(oc3c(-c4ccc(C(C)(C)c5ccccc5)cc4)c(F)ccc32)c1-c1cc(F)cc[n+]1C. The second-order valence-corrected chi connectivity index (χ2v) is 10.4. The van der Waals surface area contributed by atoms with E-state index in [9.17, 15) is 4.39 Å². The van der Waals surface area contributed by atoms with Crippen LogP contribution in [0.25, 0.3) is 44.3 Å². The molecule has 0 aliphatic rings. The first-order chi connectivity index (χ1) is 18.3. The molecule has 0 aliphatic carbocycles. The van der Waals surface area contributed by atoms with Gasteiger partial charge in [-0.25, -0.2) is 13.3 Å². The van der Waals surface area contributed by atoms with Gasteiger partial charge in [0.05, 0.1) is 11.1 Å². The van der Waals surface area contributed by atoms with E-state index in [1.807, 2.05) is 61.0 Å². The lowest BCUT2D eigenvalue weighted by Gasteiger charge is -2.26. The van der Waals surface area contributed by atoms with E-state index >= 15 is 4.39 Å². The van der Waals surface area contributed by atoms with Crippen LogP contribution in [0.1, 0.15) is 30.5 Å². The summed E-state index contributed by atoms with van der Waals surface area (Å²) in [7, 11) is 1.87. The lowest BCUT2D eigenvalue weighted by atomic mass is 9.78. The number of benzene rings is 4. The Hall–Kier alpha value is -4.31. The van der Waals surface area contributed by atoms with Crippen molar-refractivity contribution in [3.05, 3.63) is 126 Å². The van der Waals surface area contributed by atoms with E-state index < -0.39 is 0 Å². The largest absolute Gasteiger partial charge is 0.454 e. The Labute approximate surface area is 220 Å². The predicted molar refractivity (Wildman–Crippen MR) is 149 cm³/mol. The number of hydrogen-bond acceptors (Lipinski definition) is 1. The minimum Gasteiger partial charge on any atom is -0.454 e. The zero-order valence-electron chi connectivity index (χ0n) is 21.8. The first kappa shape index (κ1) is 24.1. The number of rotatable bonds is 4. The summed E-state index contributed by atoms with van der Waals surface area (Å²) in [5.74, 6) is -0.669. The van der Waals surface area contributed by atoms with Gasteiger partial charge in [-0.15, -0.1) is 0 Å². The fourth-order valence-electron chi connectivity index (χ4n) is 5.43. The molecule has 0 amide bonds. The first-order valence-electron chi connectivity index (χ1n) is 12.7. The molecule has 0 saturated carbocycles. The van der Waals surface area contributed by atoms with Crippen LogP contribution in [-0.4, -0.2) is 0 Å². The second-order valence-electron chi connectivity index (χ2n) is 10.4. The van der Waals surface area contributed by atoms with Crippen molar-refractivity contribution in [1.29, 1.82) is 0 Å². The van der Waals surface area contributed by atoms with E-state index in [2.05, 4.69) is 38.1 Å². The molecule has 0 N–H and O–H groups in total. The molecule has 0 radical (unpaired) electrons. The normalized spacial score (nSPS) is 11.9. The van der Waals surface area contributed by atoms with Crippen LogP contribution in [-0.2, 0) is 12.5 Å². The lowest BCUT2D eigenvalue weighted by Crippen LogP contribution is -2.30. The van der Waals surface area contributed by atoms with Gasteiger partial charge in [0.15, 0.2) is 6.20 Å². The van der Waals surface area contributed by atoms with Gasteiger partial charge in [-0.1, -0.05) is 80.6 Å². The number of furan rings is 1. The Morgan fingerprint density at radius 1 is 0.711 bits per heavy atom. The fourth-order valence-corrected chi connectivity index (χ4v) is 5.43. The maximum atomic E-state index is 15.4. The van der Waals surface area contributed by atoms with Crippen LogP contribution in [0.2, 0.25) is 0 Å². The zero-order valence-corrected chi connectivity index (χ0v) is 21.8. The van der Waals surface area contributed by atoms with Crippen molar-refractivity contribution in [2.45, 2.75) is 26.2 Å². The Kier molecular flexibility index (Phi) is 5.64. The average molecular weight is 505 g/mol. The van der Waals surface area contributed by atoms with Gasteiger partial charge in [-0.2, -0.15) is 0 Å². The molecule has 0 bridgehead atoms. The Morgan fingerprint density at radius 2 is 1.34 bits per heavy atom. The van der Waals surface area contributed by atoms with Crippen molar-refractivity contribution in [2.75, 3.05) is 0 Å². The summed E-state index contributed by atoms with van der Waals surface area (Å²) < 4.78 is 38.0. The number of pyridine rings is 1. The van der Waals surface area contributed by atoms with Gasteiger partial charge in [0, 0.05) is 28.3 Å². The maximum Gasteiger partial charge on any atom is 0.219 e. The van der Waals surface area contributed by atoms with E-state index in [4.69, 9.17) is 4.42 Å². The van der Waals surface area contributed by atoms with E-state index in [1.54, 1.807) is 12.3 Å². The molecule has 0 saturated heterocycles. The van der Waals surface area contributed by atoms with Crippen LogP contribution in [0.5, 0.6) is 0 Å². The summed E-state index contributed by atoms with van der Waals surface area (Å²) in [6, 6.07) is 28.6. The second kappa shape index (κ2) is 8.91. The highest BCUT2D eigenvalue weighted by atomic mass is 19.1. The van der Waals surface area contributed by atoms with Crippen molar-refractivity contribution in [3.8, 4) is 22.4 Å². The molecule has 0 atom stereocenters. The quantitative estimate of drug-likeness (QED) is 0.220. The van der Waals surface area contributed by atoms with Crippen LogP contribution in [0.3, 0.4) is 0 Å². The van der Waals surface area contributed by atoms with Crippen molar-refractivity contribution in [2.24, 2.45) is 7.05 Å². The zero-order chi connectivity index (χ0) is 26.6. The number of aromatic nitrogens is 1. The molecule has 6 aromatic rings. The van der Waals surface area contributed by atoms with Crippen molar-refractivity contribution < 1.29 is 17.8 Å². The van der Waals surface area contributed by atoms with Gasteiger partial charge >= 0.3 is 0 Å². The van der Waals surface area contributed by atoms with Crippen LogP contribution in [0.4, 0.5) is 8.78 Å². The van der Waals surface area contributed by atoms with E-state index in [1.165, 1.54) is 23.8 Å². The third-order valence-electron chi connectivity index (χ3n) is 7.73. The molecular weight excluding hydrogens is 476 g/mol. The number of hydrogen-bond donors (Lipinski definition) is 0. The Morgan fingerprint density at radius 3 is 2.05 bits per heavy atom. The molecular formula is C34H28F2NO+. The summed E-state index contributed by atoms with van der Waals surface area (Å²) in [6.45, 7) is 6.35. The van der Waals surface area contributed by atoms with Crippen molar-refractivity contribution in [1.82, 2.24) is 0 Å². The maximum absolute atomic E-state index is 15.4. The van der Waals surface area contributed by atoms with Crippen LogP contribution in [0, 0.1) is 18.6 Å². The molecule has 188 valence electrons. The molecule has 0 fully saturated rings. The van der Waals surface area contributed by atoms with Crippen LogP contribution in [0.15, 0.2) is 102 Å². The highest BCUT2D eigenvalue weighted by Crippen LogP contribution is 2.42. The summed E-state index contributed by atoms with van der Waals surface area (Å²) in [4.78, 5) is 0. The van der Waals surface area contributed by atoms with Crippen molar-refractivity contribution in [3.63, 3.8) is 0 Å². The standard InChI is InChI=1S/C34H28F2NO/c1-21-10-15-26-27-16-17-28(36)31(33(27)38-32(26)30(21)29-20-25(35)18-19-37(29)4)22-11-13-24(14-12-22)34(2,3)23-8-6-5-7-9-23/h5-20H,1-4H3/q+1. The number of fused-ring (bicyclic) bond motifs is 3. The van der Waals surface area contributed by atoms with Gasteiger partial charge in [0.1, 0.15) is 29.8 Å². The number of halogens is 2. The summed E-state index contributed by atoms with van der Waals surface area (Å²) >= 11 is 0. The topological polar surface area (TPSA) is 17.0 Å². The molecule has 2 nitrogen and oxygen atoms in total. The highest BCUT2D eigenvalue weighted by Gasteiger charge is 2.25. The Bertz CT molecular complexity index is 1820. The minimum absolute atomic E-state index is 0.198. The predicted octanol–water partition coefficient (Wildman–Crippen LogP) is 8.66. The summed E-state index contributed by atoms with van der Waals surface area (Å²) in [5, 5.41) is 1.69. The number of nitrogens with zero attached hydrogens (tertiary/aromatic N) is 1. The highest BCUT2D eigenvalue weighted by molar-refractivity contribution is 6.13. The third-order valence-corrected chi connectivity index (χ3v) is 7.73. The van der Waals surface area contributed by atoms with Crippen molar-refractivity contribution >= 4 is 21.9 Å². The van der Waals surface area contributed by atoms with E-state index in [0.717, 1.165) is 33.0 Å². The van der Waals surface area contributed by atoms with Gasteiger partial charge in [0.25, 0.3) is 0 Å². The third kappa shape index (κ3) is 3.79. The molecule has 2 heterocycles. The minimum atomic E-state index is -0.346. The van der Waals surface area contributed by atoms with Gasteiger partial charge in [-0.3, -0.25) is 0 Å². The molecule has 0 unspecified atom stereocenters. The molecule has 4 heteroatoms. The molecule has 0 aliphatic heterocycles. The molecule has 2 aromatic heterocycles. The monoisotopic (exact) mass is 504 g/mol. The van der Waals surface area contributed by atoms with Crippen LogP contribution < -0.4 is 4.57 Å². The van der Waals surface area contributed by atoms with E-state index in [0.29, 0.717) is 22.4 Å². The van der Waals surface area contributed by atoms with Crippen LogP contribution >= 0.6 is 0 Å². The molecule has 6 rings (SSSR count). The summed E-state index contributed by atoms with van der Waals surface area (Å²) in [5.41, 5.74) is 6.88. The number of aryl methyl sites for hydroxylation is 2. The van der Waals surface area contributed by atoms with Gasteiger partial charge in [0.2, 0.25) is 5.69 Å². The fraction of sp³-hybridized carbons (Fsp3) is 0.147. The Balaban J connectivity index is 1.54. The lowest BCUT2D eigenvalue weighted by molar-refractivity contribution is -0.660. The molecule has 38 heavy (non-hydrogen) atoms. The molecule has 4 aromatic carbocycles. The summed E-state index contributed by atoms with van der Waals surface area (Å²) in [6.07, 6.45) is 1.69. The van der Waals surface area contributed by atoms with E-state index in [-0.39, 0.29) is 17.0 Å². The van der Waals surface area contributed by atoms with Gasteiger partial charge in [-0.05, 0) is 41.3 Å². The average Bonchev–Trinajstić information content (AvgIpc) is 3.29.